The Bertz CT molecular complexity index is 391. The molecule has 1 aromatic rings. The van der Waals surface area contributed by atoms with E-state index < -0.39 is 5.82 Å². The zero-order valence-electron chi connectivity index (χ0n) is 9.59. The van der Waals surface area contributed by atoms with E-state index in [2.05, 4.69) is 15.3 Å². The Kier molecular flexibility index (Phi) is 4.24. The molecule has 1 heterocycles. The van der Waals surface area contributed by atoms with Crippen LogP contribution in [0.15, 0.2) is 18.5 Å². The highest BCUT2D eigenvalue weighted by Gasteiger charge is 2.17. The van der Waals surface area contributed by atoms with E-state index in [9.17, 15) is 4.39 Å². The number of halogens is 2. The van der Waals surface area contributed by atoms with Gasteiger partial charge in [0.15, 0.2) is 11.0 Å². The lowest BCUT2D eigenvalue weighted by Gasteiger charge is -2.23. The number of anilines is 1. The zero-order chi connectivity index (χ0) is 12.2. The summed E-state index contributed by atoms with van der Waals surface area (Å²) in [5.41, 5.74) is -0.380. The molecule has 0 saturated carbocycles. The van der Waals surface area contributed by atoms with Gasteiger partial charge in [-0.25, -0.2) is 9.97 Å². The van der Waals surface area contributed by atoms with Gasteiger partial charge in [0, 0.05) is 0 Å². The Balaban J connectivity index is 2.87. The van der Waals surface area contributed by atoms with Gasteiger partial charge in [0.05, 0.1) is 5.54 Å². The number of nitrogens with zero attached hydrogens (tertiary/aromatic N) is 2. The molecule has 0 aliphatic rings. The van der Waals surface area contributed by atoms with Crippen LogP contribution >= 0.6 is 11.6 Å². The van der Waals surface area contributed by atoms with Gasteiger partial charge in [-0.15, -0.1) is 0 Å². The first kappa shape index (κ1) is 12.9. The average Bonchev–Trinajstić information content (AvgIpc) is 2.22. The monoisotopic (exact) mass is 243 g/mol. The summed E-state index contributed by atoms with van der Waals surface area (Å²) in [4.78, 5) is 7.37. The Morgan fingerprint density at radius 2 is 2.19 bits per heavy atom. The minimum absolute atomic E-state index is 0.116. The van der Waals surface area contributed by atoms with Crippen LogP contribution in [-0.2, 0) is 0 Å². The molecule has 0 radical (unpaired) electrons. The van der Waals surface area contributed by atoms with Crippen LogP contribution in [0.1, 0.15) is 27.2 Å². The second-order valence-corrected chi connectivity index (χ2v) is 4.34. The lowest BCUT2D eigenvalue weighted by molar-refractivity contribution is 0.604. The first-order valence-electron chi connectivity index (χ1n) is 5.08. The summed E-state index contributed by atoms with van der Waals surface area (Å²) in [6.07, 6.45) is 6.13. The Morgan fingerprint density at radius 3 is 2.81 bits per heavy atom. The highest BCUT2D eigenvalue weighted by molar-refractivity contribution is 6.29. The third kappa shape index (κ3) is 3.45. The number of aromatic nitrogens is 2. The maximum absolute atomic E-state index is 13.5. The number of hydrogen-bond donors (Lipinski definition) is 1. The fraction of sp³-hybridized carbons (Fsp3) is 0.455. The van der Waals surface area contributed by atoms with Crippen molar-refractivity contribution in [2.24, 2.45) is 0 Å². The van der Waals surface area contributed by atoms with Gasteiger partial charge < -0.3 is 5.32 Å². The molecule has 0 aliphatic heterocycles. The second-order valence-electron chi connectivity index (χ2n) is 3.98. The van der Waals surface area contributed by atoms with E-state index >= 15 is 0 Å². The largest absolute Gasteiger partial charge is 0.359 e. The van der Waals surface area contributed by atoms with Crippen LogP contribution in [-0.4, -0.2) is 15.5 Å². The van der Waals surface area contributed by atoms with Crippen LogP contribution in [0.25, 0.3) is 0 Å². The molecular formula is C11H15ClFN3. The Labute approximate surface area is 99.8 Å². The maximum Gasteiger partial charge on any atom is 0.202 e. The number of rotatable bonds is 4. The van der Waals surface area contributed by atoms with Gasteiger partial charge in [-0.3, -0.25) is 0 Å². The fourth-order valence-corrected chi connectivity index (χ4v) is 1.33. The quantitative estimate of drug-likeness (QED) is 0.650. The van der Waals surface area contributed by atoms with Gasteiger partial charge in [-0.1, -0.05) is 30.7 Å². The summed E-state index contributed by atoms with van der Waals surface area (Å²) >= 11 is 5.56. The molecule has 0 saturated heterocycles. The first-order chi connectivity index (χ1) is 7.46. The third-order valence-electron chi connectivity index (χ3n) is 1.96. The Hall–Kier alpha value is -1.16. The number of hydrogen-bond acceptors (Lipinski definition) is 3. The van der Waals surface area contributed by atoms with Gasteiger partial charge in [0.25, 0.3) is 0 Å². The van der Waals surface area contributed by atoms with Crippen molar-refractivity contribution in [3.63, 3.8) is 0 Å². The molecule has 5 heteroatoms. The molecule has 0 aliphatic carbocycles. The molecule has 0 spiro atoms. The number of nitrogens with one attached hydrogen (secondary N) is 1. The molecular weight excluding hydrogens is 229 g/mol. The van der Waals surface area contributed by atoms with E-state index in [0.29, 0.717) is 0 Å². The highest BCUT2D eigenvalue weighted by atomic mass is 35.5. The Morgan fingerprint density at radius 1 is 1.50 bits per heavy atom. The summed E-state index contributed by atoms with van der Waals surface area (Å²) in [7, 11) is 0. The van der Waals surface area contributed by atoms with Crippen molar-refractivity contribution in [1.29, 1.82) is 0 Å². The smallest absolute Gasteiger partial charge is 0.202 e. The molecule has 1 N–H and O–H groups in total. The predicted molar refractivity (Wildman–Crippen MR) is 64.1 cm³/mol. The van der Waals surface area contributed by atoms with Crippen LogP contribution in [0.3, 0.4) is 0 Å². The molecule has 3 nitrogen and oxygen atoms in total. The van der Waals surface area contributed by atoms with E-state index in [1.807, 2.05) is 32.9 Å². The summed E-state index contributed by atoms with van der Waals surface area (Å²) < 4.78 is 13.5. The lowest BCUT2D eigenvalue weighted by Crippen LogP contribution is -2.29. The van der Waals surface area contributed by atoms with Crippen molar-refractivity contribution in [3.8, 4) is 0 Å². The van der Waals surface area contributed by atoms with Crippen molar-refractivity contribution >= 4 is 17.4 Å². The van der Waals surface area contributed by atoms with Crippen LogP contribution in [0.2, 0.25) is 5.15 Å². The molecule has 1 rings (SSSR count). The highest BCUT2D eigenvalue weighted by Crippen LogP contribution is 2.21. The fourth-order valence-electron chi connectivity index (χ4n) is 1.19. The molecule has 16 heavy (non-hydrogen) atoms. The predicted octanol–water partition coefficient (Wildman–Crippen LogP) is 3.43. The topological polar surface area (TPSA) is 37.8 Å². The van der Waals surface area contributed by atoms with Crippen molar-refractivity contribution in [2.45, 2.75) is 32.7 Å². The summed E-state index contributed by atoms with van der Waals surface area (Å²) in [5.74, 6) is -0.507. The van der Waals surface area contributed by atoms with Crippen LogP contribution in [0.5, 0.6) is 0 Å². The molecule has 0 atom stereocenters. The van der Waals surface area contributed by atoms with Gasteiger partial charge in [0.1, 0.15) is 6.33 Å². The summed E-state index contributed by atoms with van der Waals surface area (Å²) in [6, 6.07) is 0. The van der Waals surface area contributed by atoms with E-state index in [1.165, 1.54) is 6.33 Å². The molecule has 0 fully saturated rings. The maximum atomic E-state index is 13.5. The average molecular weight is 244 g/mol. The van der Waals surface area contributed by atoms with Crippen molar-refractivity contribution in [1.82, 2.24) is 9.97 Å². The first-order valence-corrected chi connectivity index (χ1v) is 5.46. The zero-order valence-corrected chi connectivity index (χ0v) is 10.3. The molecule has 0 bridgehead atoms. The van der Waals surface area contributed by atoms with Crippen LogP contribution < -0.4 is 5.32 Å². The SMILES string of the molecule is CC/C=C\C(C)(C)Nc1ncnc(Cl)c1F. The van der Waals surface area contributed by atoms with Gasteiger partial charge in [-0.05, 0) is 20.3 Å². The van der Waals surface area contributed by atoms with Gasteiger partial charge in [0.2, 0.25) is 5.82 Å². The normalized spacial score (nSPS) is 12.1. The summed E-state index contributed by atoms with van der Waals surface area (Å²) in [6.45, 7) is 5.89. The van der Waals surface area contributed by atoms with Crippen molar-refractivity contribution in [2.75, 3.05) is 5.32 Å². The van der Waals surface area contributed by atoms with Crippen LogP contribution in [0.4, 0.5) is 10.2 Å². The lowest BCUT2D eigenvalue weighted by atomic mass is 10.0. The van der Waals surface area contributed by atoms with E-state index in [1.54, 1.807) is 0 Å². The molecule has 88 valence electrons. The molecule has 0 aromatic carbocycles. The van der Waals surface area contributed by atoms with Crippen molar-refractivity contribution in [3.05, 3.63) is 29.4 Å². The molecule has 0 unspecified atom stereocenters. The van der Waals surface area contributed by atoms with Gasteiger partial charge >= 0.3 is 0 Å². The van der Waals surface area contributed by atoms with E-state index in [-0.39, 0.29) is 16.5 Å². The number of allylic oxidation sites excluding steroid dienone is 1. The summed E-state index contributed by atoms with van der Waals surface area (Å²) in [5, 5.41) is 2.79. The molecule has 1 aromatic heterocycles. The standard InChI is InChI=1S/C11H15ClFN3/c1-4-5-6-11(2,3)16-10-8(13)9(12)14-7-15-10/h5-7H,4H2,1-3H3,(H,14,15,16)/b6-5-. The minimum Gasteiger partial charge on any atom is -0.359 e. The van der Waals surface area contributed by atoms with Crippen LogP contribution in [0, 0.1) is 5.82 Å². The van der Waals surface area contributed by atoms with Gasteiger partial charge in [-0.2, -0.15) is 4.39 Å². The molecule has 0 amide bonds. The van der Waals surface area contributed by atoms with E-state index in [4.69, 9.17) is 11.6 Å². The van der Waals surface area contributed by atoms with E-state index in [0.717, 1.165) is 6.42 Å². The minimum atomic E-state index is -0.623. The third-order valence-corrected chi connectivity index (χ3v) is 2.22. The second kappa shape index (κ2) is 5.25. The van der Waals surface area contributed by atoms with Crippen molar-refractivity contribution < 1.29 is 4.39 Å².